The minimum atomic E-state index is -3.75. The number of aromatic nitrogens is 1. The molecule has 0 aromatic carbocycles. The van der Waals surface area contributed by atoms with Gasteiger partial charge in [-0.2, -0.15) is 0 Å². The zero-order valence-electron chi connectivity index (χ0n) is 10.1. The summed E-state index contributed by atoms with van der Waals surface area (Å²) in [4.78, 5) is 6.31. The van der Waals surface area contributed by atoms with E-state index in [0.717, 1.165) is 0 Å². The Hall–Kier alpha value is -1.13. The highest BCUT2D eigenvalue weighted by molar-refractivity contribution is 7.89. The first kappa shape index (κ1) is 14.3. The van der Waals surface area contributed by atoms with Gasteiger partial charge in [-0.15, -0.1) is 4.83 Å². The predicted molar refractivity (Wildman–Crippen MR) is 72.8 cm³/mol. The second-order valence-corrected chi connectivity index (χ2v) is 5.98. The van der Waals surface area contributed by atoms with Crippen LogP contribution in [0.5, 0.6) is 0 Å². The molecule has 1 saturated heterocycles. The summed E-state index contributed by atoms with van der Waals surface area (Å²) in [6.45, 7) is 1.94. The van der Waals surface area contributed by atoms with Gasteiger partial charge >= 0.3 is 0 Å². The lowest BCUT2D eigenvalue weighted by atomic mass is 10.3. The first-order chi connectivity index (χ1) is 9.00. The van der Waals surface area contributed by atoms with Gasteiger partial charge in [0, 0.05) is 19.3 Å². The van der Waals surface area contributed by atoms with Crippen LogP contribution in [0.4, 0.5) is 0 Å². The van der Waals surface area contributed by atoms with Gasteiger partial charge in [0.25, 0.3) is 10.0 Å². The summed E-state index contributed by atoms with van der Waals surface area (Å²) in [5.41, 5.74) is 5.58. The number of nitrogens with two attached hydrogens (primary N) is 1. The third-order valence-electron chi connectivity index (χ3n) is 2.55. The molecule has 0 aliphatic carbocycles. The first-order valence-electron chi connectivity index (χ1n) is 5.60. The van der Waals surface area contributed by atoms with E-state index in [1.165, 1.54) is 18.3 Å². The van der Waals surface area contributed by atoms with Gasteiger partial charge in [0.2, 0.25) is 0 Å². The molecule has 0 radical (unpaired) electrons. The number of ether oxygens (including phenoxy) is 1. The molecule has 0 spiro atoms. The molecule has 2 heterocycles. The fourth-order valence-electron chi connectivity index (χ4n) is 1.67. The number of pyridine rings is 1. The molecule has 0 atom stereocenters. The average Bonchev–Trinajstić information content (AvgIpc) is 2.39. The molecular formula is C10H14N4O3S2. The van der Waals surface area contributed by atoms with Crippen molar-refractivity contribution in [3.63, 3.8) is 0 Å². The number of hydrogen-bond acceptors (Lipinski definition) is 6. The number of hydrogen-bond donors (Lipinski definition) is 2. The fourth-order valence-corrected chi connectivity index (χ4v) is 3.19. The number of nitrogens with zero attached hydrogens (tertiary/aromatic N) is 2. The van der Waals surface area contributed by atoms with Crippen LogP contribution in [-0.2, 0) is 14.8 Å². The van der Waals surface area contributed by atoms with Crippen LogP contribution in [0.15, 0.2) is 23.2 Å². The highest BCUT2D eigenvalue weighted by Gasteiger charge is 2.24. The second kappa shape index (κ2) is 5.88. The zero-order valence-corrected chi connectivity index (χ0v) is 11.7. The molecule has 3 N–H and O–H groups in total. The summed E-state index contributed by atoms with van der Waals surface area (Å²) in [6.07, 6.45) is 1.45. The van der Waals surface area contributed by atoms with Gasteiger partial charge in [-0.3, -0.25) is 4.98 Å². The van der Waals surface area contributed by atoms with E-state index in [0.29, 0.717) is 26.3 Å². The molecule has 1 aromatic heterocycles. The lowest BCUT2D eigenvalue weighted by Crippen LogP contribution is -2.48. The van der Waals surface area contributed by atoms with E-state index in [2.05, 4.69) is 9.82 Å². The Labute approximate surface area is 116 Å². The van der Waals surface area contributed by atoms with E-state index in [4.69, 9.17) is 22.7 Å². The molecule has 0 amide bonds. The predicted octanol–water partition coefficient (Wildman–Crippen LogP) is -0.759. The summed E-state index contributed by atoms with van der Waals surface area (Å²) in [5, 5.41) is 1.58. The van der Waals surface area contributed by atoms with E-state index in [9.17, 15) is 8.42 Å². The number of hydrazine groups is 1. The molecule has 1 aliphatic heterocycles. The minimum Gasteiger partial charge on any atom is -0.388 e. The number of thiocarbonyl (C=S) groups is 1. The monoisotopic (exact) mass is 302 g/mol. The van der Waals surface area contributed by atoms with Crippen molar-refractivity contribution >= 4 is 27.2 Å². The van der Waals surface area contributed by atoms with Crippen molar-refractivity contribution in [2.75, 3.05) is 26.3 Å². The lowest BCUT2D eigenvalue weighted by molar-refractivity contribution is 0.0272. The third kappa shape index (κ3) is 3.45. The van der Waals surface area contributed by atoms with Crippen molar-refractivity contribution in [2.45, 2.75) is 4.90 Å². The summed E-state index contributed by atoms with van der Waals surface area (Å²) < 4.78 is 29.7. The minimum absolute atomic E-state index is 0.0195. The van der Waals surface area contributed by atoms with E-state index >= 15 is 0 Å². The average molecular weight is 302 g/mol. The maximum atomic E-state index is 12.3. The van der Waals surface area contributed by atoms with Crippen LogP contribution in [-0.4, -0.2) is 49.7 Å². The molecule has 7 nitrogen and oxygen atoms in total. The zero-order chi connectivity index (χ0) is 13.9. The Bertz CT molecular complexity index is 570. The molecule has 19 heavy (non-hydrogen) atoms. The Morgan fingerprint density at radius 3 is 2.79 bits per heavy atom. The van der Waals surface area contributed by atoms with Gasteiger partial charge in [0.1, 0.15) is 15.6 Å². The molecule has 1 aromatic rings. The van der Waals surface area contributed by atoms with E-state index in [1.807, 2.05) is 0 Å². The number of morpholine rings is 1. The Balaban J connectivity index is 2.26. The number of rotatable bonds is 4. The first-order valence-corrected chi connectivity index (χ1v) is 7.50. The molecule has 104 valence electrons. The summed E-state index contributed by atoms with van der Waals surface area (Å²) in [6, 6.07) is 2.94. The maximum absolute atomic E-state index is 12.3. The molecule has 2 rings (SSSR count). The normalized spacial score (nSPS) is 17.3. The van der Waals surface area contributed by atoms with Crippen LogP contribution in [0, 0.1) is 0 Å². The molecule has 0 saturated carbocycles. The van der Waals surface area contributed by atoms with Gasteiger partial charge in [-0.25, -0.2) is 13.4 Å². The Morgan fingerprint density at radius 2 is 2.16 bits per heavy atom. The molecule has 1 aliphatic rings. The lowest BCUT2D eigenvalue weighted by Gasteiger charge is -2.26. The highest BCUT2D eigenvalue weighted by Crippen LogP contribution is 2.13. The van der Waals surface area contributed by atoms with Gasteiger partial charge < -0.3 is 10.5 Å². The quantitative estimate of drug-likeness (QED) is 0.706. The Kier molecular flexibility index (Phi) is 4.42. The smallest absolute Gasteiger partial charge is 0.255 e. The standard InChI is InChI=1S/C10H14N4O3S2/c11-10(18)9-8(2-1-3-12-9)19(15,16)13-14-4-6-17-7-5-14/h1-3,13H,4-7H2,(H2,11,18). The highest BCUT2D eigenvalue weighted by atomic mass is 32.2. The molecule has 0 bridgehead atoms. The van der Waals surface area contributed by atoms with Crippen LogP contribution in [0.1, 0.15) is 5.69 Å². The second-order valence-electron chi connectivity index (χ2n) is 3.91. The largest absolute Gasteiger partial charge is 0.388 e. The van der Waals surface area contributed by atoms with Gasteiger partial charge in [-0.1, -0.05) is 12.2 Å². The van der Waals surface area contributed by atoms with Crippen LogP contribution in [0.3, 0.4) is 0 Å². The number of nitrogens with one attached hydrogen (secondary N) is 1. The van der Waals surface area contributed by atoms with Crippen molar-refractivity contribution in [3.8, 4) is 0 Å². The van der Waals surface area contributed by atoms with Crippen LogP contribution >= 0.6 is 12.2 Å². The van der Waals surface area contributed by atoms with Crippen molar-refractivity contribution in [3.05, 3.63) is 24.0 Å². The number of sulfonamides is 1. The fraction of sp³-hybridized carbons (Fsp3) is 0.400. The van der Waals surface area contributed by atoms with Crippen LogP contribution in [0.25, 0.3) is 0 Å². The van der Waals surface area contributed by atoms with Gasteiger partial charge in [-0.05, 0) is 12.1 Å². The van der Waals surface area contributed by atoms with E-state index in [-0.39, 0.29) is 15.6 Å². The molecule has 0 unspecified atom stereocenters. The summed E-state index contributed by atoms with van der Waals surface area (Å²) in [7, 11) is -3.75. The van der Waals surface area contributed by atoms with Crippen molar-refractivity contribution in [1.82, 2.24) is 14.8 Å². The third-order valence-corrected chi connectivity index (χ3v) is 4.15. The van der Waals surface area contributed by atoms with E-state index < -0.39 is 10.0 Å². The van der Waals surface area contributed by atoms with Crippen molar-refractivity contribution in [1.29, 1.82) is 0 Å². The molecular weight excluding hydrogens is 288 g/mol. The van der Waals surface area contributed by atoms with Crippen molar-refractivity contribution in [2.24, 2.45) is 5.73 Å². The summed E-state index contributed by atoms with van der Waals surface area (Å²) >= 11 is 4.81. The summed E-state index contributed by atoms with van der Waals surface area (Å²) in [5.74, 6) is 0. The maximum Gasteiger partial charge on any atom is 0.255 e. The van der Waals surface area contributed by atoms with Crippen molar-refractivity contribution < 1.29 is 13.2 Å². The van der Waals surface area contributed by atoms with Gasteiger partial charge in [0.15, 0.2) is 0 Å². The molecule has 9 heteroatoms. The van der Waals surface area contributed by atoms with Gasteiger partial charge in [0.05, 0.1) is 13.2 Å². The molecule has 1 fully saturated rings. The van der Waals surface area contributed by atoms with Crippen LogP contribution < -0.4 is 10.6 Å². The topological polar surface area (TPSA) is 97.5 Å². The SMILES string of the molecule is NC(=S)c1ncccc1S(=O)(=O)NN1CCOCC1. The van der Waals surface area contributed by atoms with E-state index in [1.54, 1.807) is 5.01 Å². The Morgan fingerprint density at radius 1 is 1.47 bits per heavy atom. The van der Waals surface area contributed by atoms with Crippen LogP contribution in [0.2, 0.25) is 0 Å².